The number of halogens is 1. The van der Waals surface area contributed by atoms with Crippen molar-refractivity contribution in [2.75, 3.05) is 7.05 Å². The molecule has 0 aliphatic rings. The second-order valence-corrected chi connectivity index (χ2v) is 5.64. The zero-order chi connectivity index (χ0) is 14.7. The molecule has 2 aromatic carbocycles. The molecule has 0 heterocycles. The van der Waals surface area contributed by atoms with Gasteiger partial charge in [-0.3, -0.25) is 0 Å². The number of rotatable bonds is 4. The Morgan fingerprint density at radius 2 is 1.70 bits per heavy atom. The van der Waals surface area contributed by atoms with Gasteiger partial charge in [0.15, 0.2) is 0 Å². The van der Waals surface area contributed by atoms with E-state index in [1.54, 1.807) is 0 Å². The minimum atomic E-state index is 0.137. The Bertz CT molecular complexity index is 604. The summed E-state index contributed by atoms with van der Waals surface area (Å²) in [5, 5.41) is 4.24. The largest absolute Gasteiger partial charge is 0.309 e. The molecule has 1 N–H and O–H groups in total. The van der Waals surface area contributed by atoms with Gasteiger partial charge in [0.05, 0.1) is 6.04 Å². The van der Waals surface area contributed by atoms with E-state index in [9.17, 15) is 0 Å². The second kappa shape index (κ2) is 6.43. The van der Waals surface area contributed by atoms with E-state index in [4.69, 9.17) is 11.6 Å². The highest BCUT2D eigenvalue weighted by molar-refractivity contribution is 6.31. The molecule has 1 unspecified atom stereocenters. The maximum atomic E-state index is 6.48. The number of nitrogens with one attached hydrogen (secondary N) is 1. The van der Waals surface area contributed by atoms with Gasteiger partial charge in [-0.1, -0.05) is 48.9 Å². The molecule has 106 valence electrons. The molecule has 0 saturated heterocycles. The van der Waals surface area contributed by atoms with Crippen molar-refractivity contribution in [3.8, 4) is 0 Å². The maximum Gasteiger partial charge on any atom is 0.0591 e. The standard InChI is InChI=1S/C18H22ClN/c1-5-14-8-6-7-9-15(14)18(20-4)16-10-12(2)13(3)11-17(16)19/h6-11,18,20H,5H2,1-4H3. The third-order valence-corrected chi connectivity index (χ3v) is 4.29. The first-order valence-electron chi connectivity index (χ1n) is 7.10. The third kappa shape index (κ3) is 2.89. The summed E-state index contributed by atoms with van der Waals surface area (Å²) in [6.45, 7) is 6.42. The van der Waals surface area contributed by atoms with Crippen molar-refractivity contribution in [2.24, 2.45) is 0 Å². The zero-order valence-electron chi connectivity index (χ0n) is 12.6. The molecule has 0 saturated carbocycles. The van der Waals surface area contributed by atoms with Crippen LogP contribution in [0, 0.1) is 13.8 Å². The van der Waals surface area contributed by atoms with Crippen LogP contribution in [0.5, 0.6) is 0 Å². The molecule has 0 fully saturated rings. The highest BCUT2D eigenvalue weighted by atomic mass is 35.5. The van der Waals surface area contributed by atoms with Crippen LogP contribution in [0.25, 0.3) is 0 Å². The van der Waals surface area contributed by atoms with E-state index in [0.717, 1.165) is 17.0 Å². The number of hydrogen-bond acceptors (Lipinski definition) is 1. The molecule has 2 aromatic rings. The fraction of sp³-hybridized carbons (Fsp3) is 0.333. The molecular weight excluding hydrogens is 266 g/mol. The van der Waals surface area contributed by atoms with Crippen molar-refractivity contribution in [2.45, 2.75) is 33.2 Å². The van der Waals surface area contributed by atoms with Crippen molar-refractivity contribution in [3.63, 3.8) is 0 Å². The fourth-order valence-electron chi connectivity index (χ4n) is 2.64. The summed E-state index contributed by atoms with van der Waals surface area (Å²) < 4.78 is 0. The second-order valence-electron chi connectivity index (χ2n) is 5.23. The highest BCUT2D eigenvalue weighted by Gasteiger charge is 2.18. The van der Waals surface area contributed by atoms with Crippen LogP contribution >= 0.6 is 11.6 Å². The summed E-state index contributed by atoms with van der Waals surface area (Å²) in [7, 11) is 1.99. The summed E-state index contributed by atoms with van der Waals surface area (Å²) >= 11 is 6.48. The van der Waals surface area contributed by atoms with Gasteiger partial charge in [0.1, 0.15) is 0 Å². The van der Waals surface area contributed by atoms with Crippen LogP contribution < -0.4 is 5.32 Å². The predicted molar refractivity (Wildman–Crippen MR) is 87.6 cm³/mol. The summed E-state index contributed by atoms with van der Waals surface area (Å²) in [5.41, 5.74) is 6.33. The molecule has 1 atom stereocenters. The normalized spacial score (nSPS) is 12.4. The zero-order valence-corrected chi connectivity index (χ0v) is 13.4. The lowest BCUT2D eigenvalue weighted by Gasteiger charge is -2.22. The van der Waals surface area contributed by atoms with Gasteiger partial charge in [-0.05, 0) is 61.2 Å². The highest BCUT2D eigenvalue weighted by Crippen LogP contribution is 2.32. The van der Waals surface area contributed by atoms with E-state index in [-0.39, 0.29) is 6.04 Å². The van der Waals surface area contributed by atoms with Crippen LogP contribution in [0.15, 0.2) is 36.4 Å². The van der Waals surface area contributed by atoms with E-state index < -0.39 is 0 Å². The summed E-state index contributed by atoms with van der Waals surface area (Å²) in [5.74, 6) is 0. The van der Waals surface area contributed by atoms with Crippen molar-refractivity contribution >= 4 is 11.6 Å². The van der Waals surface area contributed by atoms with Gasteiger partial charge in [-0.15, -0.1) is 0 Å². The third-order valence-electron chi connectivity index (χ3n) is 3.96. The summed E-state index contributed by atoms with van der Waals surface area (Å²) in [4.78, 5) is 0. The first-order chi connectivity index (χ1) is 9.58. The molecule has 0 aromatic heterocycles. The van der Waals surface area contributed by atoms with Crippen LogP contribution in [0.3, 0.4) is 0 Å². The Balaban J connectivity index is 2.55. The molecule has 2 rings (SSSR count). The molecule has 0 radical (unpaired) electrons. The quantitative estimate of drug-likeness (QED) is 0.849. The number of benzene rings is 2. The van der Waals surface area contributed by atoms with E-state index in [2.05, 4.69) is 62.5 Å². The molecule has 20 heavy (non-hydrogen) atoms. The molecular formula is C18H22ClN. The molecule has 0 bridgehead atoms. The van der Waals surface area contributed by atoms with Gasteiger partial charge in [0.25, 0.3) is 0 Å². The van der Waals surface area contributed by atoms with Crippen LogP contribution in [0.2, 0.25) is 5.02 Å². The molecule has 0 spiro atoms. The van der Waals surface area contributed by atoms with E-state index in [0.29, 0.717) is 0 Å². The Labute approximate surface area is 127 Å². The first kappa shape index (κ1) is 15.1. The smallest absolute Gasteiger partial charge is 0.0591 e. The molecule has 2 heteroatoms. The summed E-state index contributed by atoms with van der Waals surface area (Å²) in [6.07, 6.45) is 1.02. The number of hydrogen-bond donors (Lipinski definition) is 1. The van der Waals surface area contributed by atoms with Crippen LogP contribution in [-0.4, -0.2) is 7.05 Å². The van der Waals surface area contributed by atoms with E-state index >= 15 is 0 Å². The Morgan fingerprint density at radius 1 is 1.05 bits per heavy atom. The summed E-state index contributed by atoms with van der Waals surface area (Å²) in [6, 6.07) is 13.0. The fourth-order valence-corrected chi connectivity index (χ4v) is 2.97. The topological polar surface area (TPSA) is 12.0 Å². The SMILES string of the molecule is CCc1ccccc1C(NC)c1cc(C)c(C)cc1Cl. The average Bonchev–Trinajstić information content (AvgIpc) is 2.45. The van der Waals surface area contributed by atoms with E-state index in [1.165, 1.54) is 22.3 Å². The van der Waals surface area contributed by atoms with Crippen molar-refractivity contribution in [1.82, 2.24) is 5.32 Å². The van der Waals surface area contributed by atoms with E-state index in [1.807, 2.05) is 7.05 Å². The Hall–Kier alpha value is -1.31. The van der Waals surface area contributed by atoms with Gasteiger partial charge in [-0.2, -0.15) is 0 Å². The molecule has 0 amide bonds. The van der Waals surface area contributed by atoms with Crippen LogP contribution in [0.1, 0.15) is 40.8 Å². The van der Waals surface area contributed by atoms with Gasteiger partial charge >= 0.3 is 0 Å². The lowest BCUT2D eigenvalue weighted by molar-refractivity contribution is 0.683. The van der Waals surface area contributed by atoms with Crippen molar-refractivity contribution in [1.29, 1.82) is 0 Å². The minimum Gasteiger partial charge on any atom is -0.309 e. The maximum absolute atomic E-state index is 6.48. The van der Waals surface area contributed by atoms with Gasteiger partial charge in [0.2, 0.25) is 0 Å². The van der Waals surface area contributed by atoms with Crippen LogP contribution in [-0.2, 0) is 6.42 Å². The Kier molecular flexibility index (Phi) is 4.85. The minimum absolute atomic E-state index is 0.137. The number of aryl methyl sites for hydroxylation is 3. The lowest BCUT2D eigenvalue weighted by Crippen LogP contribution is -2.19. The first-order valence-corrected chi connectivity index (χ1v) is 7.48. The lowest BCUT2D eigenvalue weighted by atomic mass is 9.91. The molecule has 1 nitrogen and oxygen atoms in total. The Morgan fingerprint density at radius 3 is 2.35 bits per heavy atom. The van der Waals surface area contributed by atoms with Crippen molar-refractivity contribution < 1.29 is 0 Å². The predicted octanol–water partition coefficient (Wildman–Crippen LogP) is 4.83. The van der Waals surface area contributed by atoms with Crippen molar-refractivity contribution in [3.05, 3.63) is 69.2 Å². The average molecular weight is 288 g/mol. The molecule has 0 aliphatic carbocycles. The molecule has 0 aliphatic heterocycles. The van der Waals surface area contributed by atoms with Gasteiger partial charge in [-0.25, -0.2) is 0 Å². The van der Waals surface area contributed by atoms with Gasteiger partial charge in [0, 0.05) is 5.02 Å². The van der Waals surface area contributed by atoms with Gasteiger partial charge < -0.3 is 5.32 Å². The van der Waals surface area contributed by atoms with Crippen LogP contribution in [0.4, 0.5) is 0 Å². The monoisotopic (exact) mass is 287 g/mol.